The van der Waals surface area contributed by atoms with E-state index in [0.29, 0.717) is 0 Å². The quantitative estimate of drug-likeness (QED) is 0.750. The first-order valence-corrected chi connectivity index (χ1v) is 7.50. The van der Waals surface area contributed by atoms with E-state index < -0.39 is 0 Å². The minimum atomic E-state index is -0.312. The molecular formula is C16H28O5. The minimum Gasteiger partial charge on any atom is -0.463 e. The minimum absolute atomic E-state index is 0.132. The summed E-state index contributed by atoms with van der Waals surface area (Å²) in [6.45, 7) is 13.3. The zero-order valence-corrected chi connectivity index (χ0v) is 14.1. The van der Waals surface area contributed by atoms with Crippen molar-refractivity contribution in [2.75, 3.05) is 6.61 Å². The molecule has 0 aliphatic carbocycles. The first-order valence-electron chi connectivity index (χ1n) is 7.50. The van der Waals surface area contributed by atoms with Crippen LogP contribution in [0.15, 0.2) is 0 Å². The highest BCUT2D eigenvalue weighted by Gasteiger charge is 2.48. The first-order chi connectivity index (χ1) is 9.54. The Hall–Kier alpha value is -1.10. The maximum Gasteiger partial charge on any atom is 0.303 e. The molecule has 1 saturated heterocycles. The highest BCUT2D eigenvalue weighted by Crippen LogP contribution is 2.40. The molecule has 0 aromatic rings. The number of hydrogen-bond donors (Lipinski definition) is 0. The van der Waals surface area contributed by atoms with E-state index in [-0.39, 0.29) is 54.1 Å². The third kappa shape index (κ3) is 4.70. The Morgan fingerprint density at radius 3 is 2.05 bits per heavy atom. The van der Waals surface area contributed by atoms with Gasteiger partial charge in [0.1, 0.15) is 18.8 Å². The molecule has 1 fully saturated rings. The molecule has 1 aliphatic rings. The van der Waals surface area contributed by atoms with Gasteiger partial charge in [-0.05, 0) is 11.3 Å². The summed E-state index contributed by atoms with van der Waals surface area (Å²) in [5.41, 5.74) is -0.178. The average Bonchev–Trinajstić information content (AvgIpc) is 2.31. The summed E-state index contributed by atoms with van der Waals surface area (Å²) in [6.07, 6.45) is -0.695. The van der Waals surface area contributed by atoms with Gasteiger partial charge in [-0.3, -0.25) is 9.59 Å². The number of hydrogen-bond acceptors (Lipinski definition) is 5. The zero-order chi connectivity index (χ0) is 16.4. The number of carbonyl (C=O) groups is 2. The topological polar surface area (TPSA) is 61.8 Å². The molecule has 122 valence electrons. The summed E-state index contributed by atoms with van der Waals surface area (Å²) >= 11 is 0. The van der Waals surface area contributed by atoms with Crippen molar-refractivity contribution in [2.24, 2.45) is 17.3 Å². The van der Waals surface area contributed by atoms with Gasteiger partial charge in [0.05, 0.1) is 6.10 Å². The van der Waals surface area contributed by atoms with Gasteiger partial charge in [-0.15, -0.1) is 0 Å². The Bertz CT molecular complexity index is 383. The second kappa shape index (κ2) is 6.77. The monoisotopic (exact) mass is 300 g/mol. The molecule has 0 N–H and O–H groups in total. The molecule has 5 heteroatoms. The molecule has 0 radical (unpaired) electrons. The van der Waals surface area contributed by atoms with Crippen LogP contribution in [0.4, 0.5) is 0 Å². The van der Waals surface area contributed by atoms with Crippen LogP contribution in [-0.4, -0.2) is 36.9 Å². The van der Waals surface area contributed by atoms with Gasteiger partial charge in [-0.1, -0.05) is 34.6 Å². The van der Waals surface area contributed by atoms with Gasteiger partial charge in [0, 0.05) is 19.8 Å². The van der Waals surface area contributed by atoms with Crippen LogP contribution in [-0.2, 0) is 23.8 Å². The largest absolute Gasteiger partial charge is 0.463 e. The molecule has 1 rings (SSSR count). The lowest BCUT2D eigenvalue weighted by molar-refractivity contribution is -0.224. The Kier molecular flexibility index (Phi) is 5.79. The Morgan fingerprint density at radius 1 is 1.05 bits per heavy atom. The molecule has 0 amide bonds. The second-order valence-corrected chi connectivity index (χ2v) is 7.06. The molecule has 0 spiro atoms. The molecule has 1 heterocycles. The molecular weight excluding hydrogens is 272 g/mol. The smallest absolute Gasteiger partial charge is 0.303 e. The van der Waals surface area contributed by atoms with Gasteiger partial charge in [0.15, 0.2) is 0 Å². The van der Waals surface area contributed by atoms with Crippen molar-refractivity contribution >= 4 is 11.9 Å². The maximum atomic E-state index is 11.4. The van der Waals surface area contributed by atoms with Crippen molar-refractivity contribution in [3.05, 3.63) is 0 Å². The van der Waals surface area contributed by atoms with E-state index in [2.05, 4.69) is 27.7 Å². The Labute approximate surface area is 127 Å². The highest BCUT2D eigenvalue weighted by atomic mass is 16.6. The van der Waals surface area contributed by atoms with Crippen molar-refractivity contribution in [1.29, 1.82) is 0 Å². The van der Waals surface area contributed by atoms with E-state index in [1.807, 2.05) is 6.92 Å². The SMILES string of the molecule is CC(=O)OCC1O[C@@H](C(C)(C)C)C(OC(C)=O)[C@@H](C)[C@@H]1C. The summed E-state index contributed by atoms with van der Waals surface area (Å²) in [6, 6.07) is 0. The fourth-order valence-corrected chi connectivity index (χ4v) is 2.75. The van der Waals surface area contributed by atoms with Crippen LogP contribution in [0.1, 0.15) is 48.5 Å². The summed E-state index contributed by atoms with van der Waals surface area (Å²) in [7, 11) is 0. The van der Waals surface area contributed by atoms with E-state index >= 15 is 0 Å². The van der Waals surface area contributed by atoms with E-state index in [4.69, 9.17) is 14.2 Å². The van der Waals surface area contributed by atoms with Crippen molar-refractivity contribution in [2.45, 2.75) is 66.8 Å². The molecule has 5 nitrogen and oxygen atoms in total. The van der Waals surface area contributed by atoms with E-state index in [9.17, 15) is 9.59 Å². The fraction of sp³-hybridized carbons (Fsp3) is 0.875. The van der Waals surface area contributed by atoms with Gasteiger partial charge in [0.2, 0.25) is 0 Å². The molecule has 0 aromatic carbocycles. The standard InChI is InChI=1S/C16H28O5/c1-9-10(2)14(20-12(4)18)15(16(5,6)7)21-13(9)8-19-11(3)17/h9-10,13-15H,8H2,1-7H3/t9-,10-,13?,14?,15+/m0/s1. The van der Waals surface area contributed by atoms with Crippen molar-refractivity contribution in [3.63, 3.8) is 0 Å². The number of ether oxygens (including phenoxy) is 3. The maximum absolute atomic E-state index is 11.4. The Balaban J connectivity index is 2.93. The van der Waals surface area contributed by atoms with Crippen LogP contribution >= 0.6 is 0 Å². The third-order valence-corrected chi connectivity index (χ3v) is 4.16. The van der Waals surface area contributed by atoms with Crippen LogP contribution in [0.25, 0.3) is 0 Å². The predicted octanol–water partition coefficient (Wildman–Crippen LogP) is 2.57. The van der Waals surface area contributed by atoms with Gasteiger partial charge < -0.3 is 14.2 Å². The van der Waals surface area contributed by atoms with Gasteiger partial charge in [0.25, 0.3) is 0 Å². The highest BCUT2D eigenvalue weighted by molar-refractivity contribution is 5.66. The number of rotatable bonds is 3. The molecule has 0 bridgehead atoms. The molecule has 1 aliphatic heterocycles. The molecule has 2 unspecified atom stereocenters. The lowest BCUT2D eigenvalue weighted by Gasteiger charge is -2.48. The molecule has 5 atom stereocenters. The summed E-state index contributed by atoms with van der Waals surface area (Å²) in [5.74, 6) is -0.344. The van der Waals surface area contributed by atoms with Crippen molar-refractivity contribution in [1.82, 2.24) is 0 Å². The number of esters is 2. The van der Waals surface area contributed by atoms with Gasteiger partial charge >= 0.3 is 11.9 Å². The average molecular weight is 300 g/mol. The molecule has 0 saturated carbocycles. The molecule has 21 heavy (non-hydrogen) atoms. The third-order valence-electron chi connectivity index (χ3n) is 4.16. The van der Waals surface area contributed by atoms with Gasteiger partial charge in [-0.25, -0.2) is 0 Å². The lowest BCUT2D eigenvalue weighted by atomic mass is 9.74. The second-order valence-electron chi connectivity index (χ2n) is 7.06. The van der Waals surface area contributed by atoms with Crippen LogP contribution in [0.5, 0.6) is 0 Å². The van der Waals surface area contributed by atoms with Gasteiger partial charge in [-0.2, -0.15) is 0 Å². The van der Waals surface area contributed by atoms with Crippen LogP contribution in [0, 0.1) is 17.3 Å². The summed E-state index contributed by atoms with van der Waals surface area (Å²) in [5, 5.41) is 0. The van der Waals surface area contributed by atoms with Crippen LogP contribution < -0.4 is 0 Å². The summed E-state index contributed by atoms with van der Waals surface area (Å²) < 4.78 is 16.8. The normalized spacial score (nSPS) is 33.4. The van der Waals surface area contributed by atoms with E-state index in [1.54, 1.807) is 0 Å². The molecule has 0 aromatic heterocycles. The zero-order valence-electron chi connectivity index (χ0n) is 14.1. The summed E-state index contributed by atoms with van der Waals surface area (Å²) in [4.78, 5) is 22.4. The fourth-order valence-electron chi connectivity index (χ4n) is 2.75. The van der Waals surface area contributed by atoms with Crippen molar-refractivity contribution in [3.8, 4) is 0 Å². The van der Waals surface area contributed by atoms with Crippen LogP contribution in [0.3, 0.4) is 0 Å². The van der Waals surface area contributed by atoms with Crippen molar-refractivity contribution < 1.29 is 23.8 Å². The lowest BCUT2D eigenvalue weighted by Crippen LogP contribution is -2.56. The van der Waals surface area contributed by atoms with E-state index in [1.165, 1.54) is 13.8 Å². The van der Waals surface area contributed by atoms with E-state index in [0.717, 1.165) is 0 Å². The first kappa shape index (κ1) is 18.0. The Morgan fingerprint density at radius 2 is 1.62 bits per heavy atom. The number of carbonyl (C=O) groups excluding carboxylic acids is 2. The van der Waals surface area contributed by atoms with Crippen LogP contribution in [0.2, 0.25) is 0 Å². The predicted molar refractivity (Wildman–Crippen MR) is 78.6 cm³/mol.